The van der Waals surface area contributed by atoms with E-state index in [1.165, 1.54) is 11.3 Å². The zero-order valence-corrected chi connectivity index (χ0v) is 26.3. The molecule has 3 aromatic heterocycles. The van der Waals surface area contributed by atoms with Crippen LogP contribution in [-0.4, -0.2) is 36.4 Å². The predicted molar refractivity (Wildman–Crippen MR) is 174 cm³/mol. The molecule has 0 unspecified atom stereocenters. The van der Waals surface area contributed by atoms with Gasteiger partial charge in [-0.25, -0.2) is 9.78 Å². The van der Waals surface area contributed by atoms with Crippen LogP contribution in [0.1, 0.15) is 43.6 Å². The number of halogens is 1. The lowest BCUT2D eigenvalue weighted by Crippen LogP contribution is -2.28. The van der Waals surface area contributed by atoms with E-state index in [0.29, 0.717) is 10.6 Å². The van der Waals surface area contributed by atoms with Crippen molar-refractivity contribution in [3.63, 3.8) is 0 Å². The molecule has 43 heavy (non-hydrogen) atoms. The Morgan fingerprint density at radius 2 is 1.77 bits per heavy atom. The lowest BCUT2D eigenvalue weighted by Gasteiger charge is -2.28. The summed E-state index contributed by atoms with van der Waals surface area (Å²) in [6.45, 7) is 9.58. The van der Waals surface area contributed by atoms with E-state index in [1.807, 2.05) is 88.1 Å². The molecule has 1 atom stereocenters. The molecule has 0 aliphatic heterocycles. The first-order chi connectivity index (χ1) is 20.4. The van der Waals surface area contributed by atoms with Gasteiger partial charge in [0.2, 0.25) is 0 Å². The molecule has 6 rings (SSSR count). The molecule has 9 heteroatoms. The van der Waals surface area contributed by atoms with Crippen LogP contribution >= 0.6 is 22.9 Å². The fourth-order valence-electron chi connectivity index (χ4n) is 5.50. The van der Waals surface area contributed by atoms with Crippen LogP contribution in [0.5, 0.6) is 0 Å². The highest BCUT2D eigenvalue weighted by Gasteiger charge is 2.32. The van der Waals surface area contributed by atoms with E-state index < -0.39 is 17.7 Å². The Hall–Kier alpha value is -4.11. The minimum absolute atomic E-state index is 0.601. The molecule has 3 heterocycles. The quantitative estimate of drug-likeness (QED) is 0.203. The summed E-state index contributed by atoms with van der Waals surface area (Å²) < 4.78 is 8.85. The summed E-state index contributed by atoms with van der Waals surface area (Å²) >= 11 is 7.77. The summed E-state index contributed by atoms with van der Waals surface area (Å²) in [5.74, 6) is -1.04. The Morgan fingerprint density at radius 1 is 1.02 bits per heavy atom. The van der Waals surface area contributed by atoms with Gasteiger partial charge in [-0.1, -0.05) is 29.8 Å². The van der Waals surface area contributed by atoms with Gasteiger partial charge < -0.3 is 9.84 Å². The molecule has 0 aliphatic carbocycles. The Balaban J connectivity index is 1.54. The van der Waals surface area contributed by atoms with Crippen LogP contribution in [0.25, 0.3) is 54.1 Å². The van der Waals surface area contributed by atoms with Gasteiger partial charge in [0.05, 0.1) is 27.0 Å². The minimum Gasteiger partial charge on any atom is -0.479 e. The van der Waals surface area contributed by atoms with Gasteiger partial charge in [0.25, 0.3) is 0 Å². The number of pyridine rings is 1. The number of aromatic nitrogens is 4. The number of hydrogen-bond donors (Lipinski definition) is 1. The smallest absolute Gasteiger partial charge is 0.337 e. The van der Waals surface area contributed by atoms with Gasteiger partial charge in [0, 0.05) is 52.1 Å². The van der Waals surface area contributed by atoms with Crippen LogP contribution in [0.2, 0.25) is 5.02 Å². The highest BCUT2D eigenvalue weighted by atomic mass is 35.5. The van der Waals surface area contributed by atoms with Gasteiger partial charge in [0.15, 0.2) is 6.10 Å². The van der Waals surface area contributed by atoms with Gasteiger partial charge >= 0.3 is 5.97 Å². The number of aryl methyl sites for hydroxylation is 3. The van der Waals surface area contributed by atoms with E-state index in [-0.39, 0.29) is 0 Å². The molecule has 0 saturated carbocycles. The molecule has 6 aromatic rings. The molecule has 0 amide bonds. The van der Waals surface area contributed by atoms with E-state index in [1.54, 1.807) is 6.20 Å². The molecule has 0 fully saturated rings. The number of fused-ring (bicyclic) bond motifs is 2. The van der Waals surface area contributed by atoms with Crippen molar-refractivity contribution in [1.82, 2.24) is 19.7 Å². The standard InChI is InChI=1S/C34H31ClN4O3S/c1-18-15-27-31(29(20-7-9-22(35)10-8-20)28(18)30(33(40)41)42-34(3,4)5)43-32(37-27)21-13-14-36-26(16-21)23-11-12-25-24(19(23)2)17-39(6)38-25/h7-17,30H,1-6H3,(H,40,41)/t30-/m0/s1. The van der Waals surface area contributed by atoms with Gasteiger partial charge in [-0.3, -0.25) is 9.67 Å². The zero-order chi connectivity index (χ0) is 30.6. The Morgan fingerprint density at radius 3 is 2.47 bits per heavy atom. The number of nitrogens with zero attached hydrogens (tertiary/aromatic N) is 4. The van der Waals surface area contributed by atoms with E-state index >= 15 is 0 Å². The van der Waals surface area contributed by atoms with Crippen molar-refractivity contribution in [3.05, 3.63) is 88.7 Å². The van der Waals surface area contributed by atoms with E-state index in [0.717, 1.165) is 65.2 Å². The first kappa shape index (κ1) is 29.0. The Labute approximate surface area is 258 Å². The molecule has 0 bridgehead atoms. The van der Waals surface area contributed by atoms with E-state index in [2.05, 4.69) is 24.2 Å². The number of rotatable bonds is 6. The van der Waals surface area contributed by atoms with Crippen molar-refractivity contribution in [1.29, 1.82) is 0 Å². The maximum Gasteiger partial charge on any atom is 0.337 e. The molecular weight excluding hydrogens is 580 g/mol. The van der Waals surface area contributed by atoms with E-state index in [4.69, 9.17) is 26.3 Å². The number of carboxylic acids is 1. The zero-order valence-electron chi connectivity index (χ0n) is 24.8. The third-order valence-corrected chi connectivity index (χ3v) is 8.76. The summed E-state index contributed by atoms with van der Waals surface area (Å²) in [7, 11) is 1.92. The van der Waals surface area contributed by atoms with Crippen LogP contribution in [-0.2, 0) is 16.6 Å². The monoisotopic (exact) mass is 610 g/mol. The lowest BCUT2D eigenvalue weighted by molar-refractivity contribution is -0.160. The molecule has 0 radical (unpaired) electrons. The second-order valence-electron chi connectivity index (χ2n) is 11.7. The van der Waals surface area contributed by atoms with Crippen LogP contribution < -0.4 is 0 Å². The number of hydrogen-bond acceptors (Lipinski definition) is 6. The summed E-state index contributed by atoms with van der Waals surface area (Å²) in [4.78, 5) is 22.4. The molecule has 218 valence electrons. The molecule has 0 saturated heterocycles. The molecule has 3 aromatic carbocycles. The summed E-state index contributed by atoms with van der Waals surface area (Å²) in [5.41, 5.74) is 8.03. The third-order valence-electron chi connectivity index (χ3n) is 7.37. The molecular formula is C34H31ClN4O3S. The molecule has 0 spiro atoms. The maximum absolute atomic E-state index is 12.6. The first-order valence-corrected chi connectivity index (χ1v) is 15.1. The number of ether oxygens (including phenoxy) is 1. The first-order valence-electron chi connectivity index (χ1n) is 13.9. The van der Waals surface area contributed by atoms with Crippen LogP contribution in [0.15, 0.2) is 67.0 Å². The fraction of sp³-hybridized carbons (Fsp3) is 0.235. The minimum atomic E-state index is -1.17. The molecule has 7 nitrogen and oxygen atoms in total. The van der Waals surface area contributed by atoms with Gasteiger partial charge in [0.1, 0.15) is 5.01 Å². The number of aliphatic carboxylic acids is 1. The van der Waals surface area contributed by atoms with Crippen molar-refractivity contribution in [3.8, 4) is 33.0 Å². The highest BCUT2D eigenvalue weighted by Crippen LogP contribution is 2.44. The number of thiazole rings is 1. The van der Waals surface area contributed by atoms with Crippen molar-refractivity contribution in [2.24, 2.45) is 7.05 Å². The van der Waals surface area contributed by atoms with Crippen molar-refractivity contribution in [2.45, 2.75) is 46.3 Å². The van der Waals surface area contributed by atoms with Crippen LogP contribution in [0.4, 0.5) is 0 Å². The maximum atomic E-state index is 12.6. The highest BCUT2D eigenvalue weighted by molar-refractivity contribution is 7.22. The van der Waals surface area contributed by atoms with Crippen LogP contribution in [0, 0.1) is 13.8 Å². The fourth-order valence-corrected chi connectivity index (χ4v) is 6.75. The summed E-state index contributed by atoms with van der Waals surface area (Å²) in [6, 6.07) is 17.5. The van der Waals surface area contributed by atoms with Crippen molar-refractivity contribution in [2.75, 3.05) is 0 Å². The second kappa shape index (κ2) is 10.9. The lowest BCUT2D eigenvalue weighted by atomic mass is 9.91. The molecule has 1 N–H and O–H groups in total. The average Bonchev–Trinajstić information content (AvgIpc) is 3.55. The average molecular weight is 611 g/mol. The number of carbonyl (C=O) groups is 1. The Kier molecular flexibility index (Phi) is 7.32. The van der Waals surface area contributed by atoms with Crippen molar-refractivity contribution < 1.29 is 14.6 Å². The largest absolute Gasteiger partial charge is 0.479 e. The van der Waals surface area contributed by atoms with Gasteiger partial charge in [-0.2, -0.15) is 5.10 Å². The van der Waals surface area contributed by atoms with Gasteiger partial charge in [-0.15, -0.1) is 11.3 Å². The number of carboxylic acid groups (broad SMARTS) is 1. The predicted octanol–water partition coefficient (Wildman–Crippen LogP) is 8.79. The number of benzene rings is 3. The van der Waals surface area contributed by atoms with Gasteiger partial charge in [-0.05, 0) is 87.7 Å². The molecule has 0 aliphatic rings. The van der Waals surface area contributed by atoms with Crippen molar-refractivity contribution >= 4 is 50.0 Å². The second-order valence-corrected chi connectivity index (χ2v) is 13.1. The van der Waals surface area contributed by atoms with Crippen LogP contribution in [0.3, 0.4) is 0 Å². The summed E-state index contributed by atoms with van der Waals surface area (Å²) in [5, 5.41) is 17.4. The normalized spacial score (nSPS) is 12.7. The van der Waals surface area contributed by atoms with E-state index in [9.17, 15) is 9.90 Å². The summed E-state index contributed by atoms with van der Waals surface area (Å²) in [6.07, 6.45) is 2.66. The topological polar surface area (TPSA) is 90.1 Å². The SMILES string of the molecule is Cc1cc2nc(-c3ccnc(-c4ccc5nn(C)cc5c4C)c3)sc2c(-c2ccc(Cl)cc2)c1[C@H](OC(C)(C)C)C(=O)O. The Bertz CT molecular complexity index is 2020. The third kappa shape index (κ3) is 5.54.